The molecule has 0 saturated carbocycles. The molecular weight excluding hydrogens is 270 g/mol. The van der Waals surface area contributed by atoms with E-state index in [4.69, 9.17) is 4.74 Å². The molecule has 0 fully saturated rings. The average molecular weight is 291 g/mol. The number of rotatable bonds is 5. The van der Waals surface area contributed by atoms with Crippen LogP contribution < -0.4 is 15.5 Å². The molecule has 114 valence electrons. The van der Waals surface area contributed by atoms with Crippen molar-refractivity contribution in [2.45, 2.75) is 39.8 Å². The third-order valence-electron chi connectivity index (χ3n) is 2.26. The number of hydrogen-bond acceptors (Lipinski definition) is 4. The van der Waals surface area contributed by atoms with Crippen molar-refractivity contribution in [3.8, 4) is 5.75 Å². The Labute approximate surface area is 124 Å². The lowest BCUT2D eigenvalue weighted by Gasteiger charge is -2.09. The lowest BCUT2D eigenvalue weighted by molar-refractivity contribution is -0.139. The monoisotopic (exact) mass is 291 g/mol. The third kappa shape index (κ3) is 6.56. The van der Waals surface area contributed by atoms with Crippen LogP contribution in [0.4, 0.5) is 0 Å². The van der Waals surface area contributed by atoms with E-state index < -0.39 is 11.8 Å². The lowest BCUT2D eigenvalue weighted by Crippen LogP contribution is -2.41. The van der Waals surface area contributed by atoms with E-state index in [0.29, 0.717) is 0 Å². The van der Waals surface area contributed by atoms with Gasteiger partial charge in [0.15, 0.2) is 0 Å². The predicted octanol–water partition coefficient (Wildman–Crippen LogP) is 1.45. The van der Waals surface area contributed by atoms with Crippen LogP contribution in [0.3, 0.4) is 0 Å². The molecule has 6 heteroatoms. The lowest BCUT2D eigenvalue weighted by atomic mass is 10.2. The van der Waals surface area contributed by atoms with Crippen LogP contribution in [-0.2, 0) is 9.59 Å². The molecular formula is C15H21N3O3. The summed E-state index contributed by atoms with van der Waals surface area (Å²) in [7, 11) is 0. The van der Waals surface area contributed by atoms with Crippen LogP contribution in [0.1, 0.15) is 33.3 Å². The third-order valence-corrected chi connectivity index (χ3v) is 2.26. The number of nitrogens with one attached hydrogen (secondary N) is 2. The van der Waals surface area contributed by atoms with Crippen molar-refractivity contribution in [1.29, 1.82) is 0 Å². The van der Waals surface area contributed by atoms with Gasteiger partial charge in [-0.2, -0.15) is 5.10 Å². The van der Waals surface area contributed by atoms with Crippen LogP contribution in [0.25, 0.3) is 0 Å². The van der Waals surface area contributed by atoms with Crippen molar-refractivity contribution < 1.29 is 14.3 Å². The van der Waals surface area contributed by atoms with Crippen molar-refractivity contribution in [3.63, 3.8) is 0 Å². The molecule has 0 aromatic heterocycles. The number of hydrogen-bond donors (Lipinski definition) is 2. The topological polar surface area (TPSA) is 79.8 Å². The van der Waals surface area contributed by atoms with Gasteiger partial charge in [-0.3, -0.25) is 9.59 Å². The molecule has 0 heterocycles. The van der Waals surface area contributed by atoms with E-state index in [0.717, 1.165) is 11.3 Å². The highest BCUT2D eigenvalue weighted by molar-refractivity contribution is 6.35. The zero-order valence-corrected chi connectivity index (χ0v) is 12.7. The highest BCUT2D eigenvalue weighted by atomic mass is 16.5. The highest BCUT2D eigenvalue weighted by Crippen LogP contribution is 2.12. The summed E-state index contributed by atoms with van der Waals surface area (Å²) in [6.07, 6.45) is 1.57. The van der Waals surface area contributed by atoms with Gasteiger partial charge in [0.1, 0.15) is 5.75 Å². The molecule has 0 radical (unpaired) electrons. The molecule has 2 amide bonds. The average Bonchev–Trinajstić information content (AvgIpc) is 2.39. The van der Waals surface area contributed by atoms with Gasteiger partial charge in [0.25, 0.3) is 0 Å². The van der Waals surface area contributed by atoms with E-state index >= 15 is 0 Å². The Morgan fingerprint density at radius 2 is 1.71 bits per heavy atom. The molecule has 21 heavy (non-hydrogen) atoms. The van der Waals surface area contributed by atoms with E-state index in [1.54, 1.807) is 13.8 Å². The van der Waals surface area contributed by atoms with Crippen LogP contribution in [0, 0.1) is 0 Å². The zero-order chi connectivity index (χ0) is 15.8. The van der Waals surface area contributed by atoms with Crippen molar-refractivity contribution in [2.75, 3.05) is 0 Å². The molecule has 2 N–H and O–H groups in total. The Bertz CT molecular complexity index is 507. The van der Waals surface area contributed by atoms with Crippen LogP contribution in [-0.4, -0.2) is 30.2 Å². The molecule has 1 rings (SSSR count). The van der Waals surface area contributed by atoms with E-state index in [9.17, 15) is 9.59 Å². The smallest absolute Gasteiger partial charge is 0.329 e. The van der Waals surface area contributed by atoms with Crippen molar-refractivity contribution >= 4 is 18.0 Å². The van der Waals surface area contributed by atoms with Crippen LogP contribution in [0.15, 0.2) is 29.4 Å². The Morgan fingerprint density at radius 3 is 2.24 bits per heavy atom. The zero-order valence-electron chi connectivity index (χ0n) is 12.7. The molecule has 0 spiro atoms. The maximum absolute atomic E-state index is 11.4. The summed E-state index contributed by atoms with van der Waals surface area (Å²) in [5, 5.41) is 6.21. The minimum absolute atomic E-state index is 0.0965. The molecule has 0 atom stereocenters. The highest BCUT2D eigenvalue weighted by Gasteiger charge is 2.12. The Morgan fingerprint density at radius 1 is 1.10 bits per heavy atom. The standard InChI is InChI=1S/C15H21N3O3/c1-10(2)17-14(19)15(20)18-16-9-12-5-7-13(8-6-12)21-11(3)4/h5-11H,1-4H3,(H,17,19)(H,18,20)/b16-9-. The quantitative estimate of drug-likeness (QED) is 0.489. The summed E-state index contributed by atoms with van der Waals surface area (Å²) in [5.74, 6) is -0.731. The first kappa shape index (κ1) is 16.7. The van der Waals surface area contributed by atoms with Gasteiger partial charge in [0, 0.05) is 6.04 Å². The van der Waals surface area contributed by atoms with Gasteiger partial charge in [-0.15, -0.1) is 0 Å². The number of ether oxygens (including phenoxy) is 1. The number of benzene rings is 1. The molecule has 0 aliphatic heterocycles. The summed E-state index contributed by atoms with van der Waals surface area (Å²) in [6, 6.07) is 7.15. The number of amides is 2. The number of carbonyl (C=O) groups is 2. The second-order valence-electron chi connectivity index (χ2n) is 5.06. The van der Waals surface area contributed by atoms with E-state index in [1.165, 1.54) is 6.21 Å². The van der Waals surface area contributed by atoms with E-state index in [1.807, 2.05) is 38.1 Å². The summed E-state index contributed by atoms with van der Waals surface area (Å²) < 4.78 is 5.51. The maximum Gasteiger partial charge on any atom is 0.329 e. The Hall–Kier alpha value is -2.37. The first-order valence-corrected chi connectivity index (χ1v) is 6.79. The van der Waals surface area contributed by atoms with Gasteiger partial charge in [-0.25, -0.2) is 5.43 Å². The fourth-order valence-electron chi connectivity index (χ4n) is 1.45. The Kier molecular flexibility index (Phi) is 6.39. The fraction of sp³-hybridized carbons (Fsp3) is 0.400. The Balaban J connectivity index is 2.49. The van der Waals surface area contributed by atoms with Crippen molar-refractivity contribution in [1.82, 2.24) is 10.7 Å². The second-order valence-corrected chi connectivity index (χ2v) is 5.06. The summed E-state index contributed by atoms with van der Waals surface area (Å²) in [5.41, 5.74) is 2.96. The van der Waals surface area contributed by atoms with Crippen molar-refractivity contribution in [2.24, 2.45) is 5.10 Å². The summed E-state index contributed by atoms with van der Waals surface area (Å²) in [6.45, 7) is 7.45. The summed E-state index contributed by atoms with van der Waals surface area (Å²) in [4.78, 5) is 22.7. The number of hydrazone groups is 1. The van der Waals surface area contributed by atoms with Gasteiger partial charge in [0.05, 0.1) is 12.3 Å². The number of nitrogens with zero attached hydrogens (tertiary/aromatic N) is 1. The van der Waals surface area contributed by atoms with Gasteiger partial charge in [0.2, 0.25) is 0 Å². The fourth-order valence-corrected chi connectivity index (χ4v) is 1.45. The molecule has 0 saturated heterocycles. The minimum atomic E-state index is -0.792. The molecule has 1 aromatic rings. The van der Waals surface area contributed by atoms with Gasteiger partial charge in [-0.1, -0.05) is 0 Å². The first-order chi connectivity index (χ1) is 9.88. The van der Waals surface area contributed by atoms with Gasteiger partial charge in [-0.05, 0) is 57.5 Å². The van der Waals surface area contributed by atoms with E-state index in [-0.39, 0.29) is 12.1 Å². The summed E-state index contributed by atoms with van der Waals surface area (Å²) >= 11 is 0. The molecule has 1 aromatic carbocycles. The van der Waals surface area contributed by atoms with Crippen LogP contribution >= 0.6 is 0 Å². The van der Waals surface area contributed by atoms with Crippen LogP contribution in [0.5, 0.6) is 5.75 Å². The van der Waals surface area contributed by atoms with Crippen LogP contribution in [0.2, 0.25) is 0 Å². The maximum atomic E-state index is 11.4. The van der Waals surface area contributed by atoms with Gasteiger partial charge < -0.3 is 10.1 Å². The van der Waals surface area contributed by atoms with Gasteiger partial charge >= 0.3 is 11.8 Å². The van der Waals surface area contributed by atoms with E-state index in [2.05, 4.69) is 15.8 Å². The molecule has 0 aliphatic rings. The normalized spacial score (nSPS) is 11.0. The molecule has 0 aliphatic carbocycles. The van der Waals surface area contributed by atoms with Crippen molar-refractivity contribution in [3.05, 3.63) is 29.8 Å². The molecule has 0 bridgehead atoms. The SMILES string of the molecule is CC(C)NC(=O)C(=O)N/N=C\c1ccc(OC(C)C)cc1. The second kappa shape index (κ2) is 8.04. The largest absolute Gasteiger partial charge is 0.491 e. The first-order valence-electron chi connectivity index (χ1n) is 6.79. The minimum Gasteiger partial charge on any atom is -0.491 e. The molecule has 0 unspecified atom stereocenters. The predicted molar refractivity (Wildman–Crippen MR) is 81.2 cm³/mol. The molecule has 6 nitrogen and oxygen atoms in total. The number of carbonyl (C=O) groups excluding carboxylic acids is 2.